The number of carbonyl (C=O) groups excluding carboxylic acids is 1. The number of aromatic nitrogens is 1. The van der Waals surface area contributed by atoms with Gasteiger partial charge < -0.3 is 28.9 Å². The normalized spacial score (nSPS) is 12.3. The first-order chi connectivity index (χ1) is 19.7. The minimum atomic E-state index is -3.56. The number of amides is 1. The van der Waals surface area contributed by atoms with Crippen LogP contribution < -0.4 is 10.2 Å². The number of benzene rings is 3. The molecule has 0 spiro atoms. The molecule has 9 nitrogen and oxygen atoms in total. The monoisotopic (exact) mass is 576 g/mol. The van der Waals surface area contributed by atoms with E-state index in [0.29, 0.717) is 39.7 Å². The summed E-state index contributed by atoms with van der Waals surface area (Å²) in [6.45, 7) is 6.84. The highest BCUT2D eigenvalue weighted by atomic mass is 31.2. The number of anilines is 1. The van der Waals surface area contributed by atoms with Crippen molar-refractivity contribution in [2.45, 2.75) is 20.8 Å². The summed E-state index contributed by atoms with van der Waals surface area (Å²) >= 11 is 0. The second-order valence-corrected chi connectivity index (χ2v) is 11.8. The molecule has 1 heterocycles. The number of aliphatic imine (C=N–C) groups is 1. The molecule has 0 unspecified atom stereocenters. The highest BCUT2D eigenvalue weighted by Crippen LogP contribution is 2.47. The van der Waals surface area contributed by atoms with Crippen molar-refractivity contribution in [3.63, 3.8) is 0 Å². The molecule has 0 saturated heterocycles. The Hall–Kier alpha value is -3.75. The number of rotatable bonds is 12. The van der Waals surface area contributed by atoms with E-state index in [2.05, 4.69) is 4.98 Å². The van der Waals surface area contributed by atoms with Gasteiger partial charge in [-0.05, 0) is 70.4 Å². The number of hydrogen-bond acceptors (Lipinski definition) is 7. The third-order valence-electron chi connectivity index (χ3n) is 6.51. The van der Waals surface area contributed by atoms with Crippen LogP contribution in [0.3, 0.4) is 0 Å². The van der Waals surface area contributed by atoms with Crippen LogP contribution in [0.25, 0.3) is 10.9 Å². The molecule has 216 valence electrons. The fraction of sp³-hybridized carbons (Fsp3) is 0.290. The second kappa shape index (κ2) is 13.3. The van der Waals surface area contributed by atoms with E-state index in [4.69, 9.17) is 14.0 Å². The van der Waals surface area contributed by atoms with Gasteiger partial charge >= 0.3 is 7.60 Å². The van der Waals surface area contributed by atoms with Gasteiger partial charge in [-0.2, -0.15) is 0 Å². The lowest BCUT2D eigenvalue weighted by molar-refractivity contribution is -0.116. The molecule has 4 rings (SSSR count). The van der Waals surface area contributed by atoms with E-state index in [0.717, 1.165) is 17.8 Å². The van der Waals surface area contributed by atoms with Crippen LogP contribution in [0.4, 0.5) is 11.4 Å². The predicted octanol–water partition coefficient (Wildman–Crippen LogP) is 5.85. The number of aromatic hydroxyl groups is 1. The van der Waals surface area contributed by atoms with Crippen molar-refractivity contribution in [1.82, 2.24) is 9.88 Å². The molecule has 0 fully saturated rings. The maximum Gasteiger partial charge on any atom is 0.361 e. The maximum atomic E-state index is 13.5. The molecule has 3 aromatic carbocycles. The summed E-state index contributed by atoms with van der Waals surface area (Å²) in [5.41, 5.74) is 3.85. The molecule has 4 aromatic rings. The number of fused-ring (bicyclic) bond motifs is 1. The first-order valence-electron chi connectivity index (χ1n) is 13.6. The fourth-order valence-electron chi connectivity index (χ4n) is 4.57. The molecule has 0 radical (unpaired) electrons. The predicted molar refractivity (Wildman–Crippen MR) is 165 cm³/mol. The zero-order valence-electron chi connectivity index (χ0n) is 24.1. The van der Waals surface area contributed by atoms with Crippen LogP contribution in [0.1, 0.15) is 31.9 Å². The van der Waals surface area contributed by atoms with E-state index in [1.807, 2.05) is 73.6 Å². The molecule has 0 aliphatic rings. The Labute approximate surface area is 241 Å². The molecular weight excluding hydrogens is 539 g/mol. The summed E-state index contributed by atoms with van der Waals surface area (Å²) in [6, 6.07) is 22.1. The summed E-state index contributed by atoms with van der Waals surface area (Å²) in [4.78, 5) is 24.1. The topological polar surface area (TPSA) is 107 Å². The van der Waals surface area contributed by atoms with Crippen molar-refractivity contribution in [3.8, 4) is 5.88 Å². The first-order valence-corrected chi connectivity index (χ1v) is 15.1. The highest BCUT2D eigenvalue weighted by molar-refractivity contribution is 7.62. The molecule has 1 amide bonds. The third-order valence-corrected chi connectivity index (χ3v) is 8.62. The van der Waals surface area contributed by atoms with Gasteiger partial charge in [0, 0.05) is 42.2 Å². The van der Waals surface area contributed by atoms with Crippen LogP contribution in [0.5, 0.6) is 5.88 Å². The number of nitrogens with one attached hydrogen (secondary N) is 1. The zero-order valence-corrected chi connectivity index (χ0v) is 25.0. The smallest absolute Gasteiger partial charge is 0.361 e. The lowest BCUT2D eigenvalue weighted by Gasteiger charge is -2.23. The van der Waals surface area contributed by atoms with Crippen molar-refractivity contribution < 1.29 is 23.5 Å². The highest BCUT2D eigenvalue weighted by Gasteiger charge is 2.28. The van der Waals surface area contributed by atoms with Crippen LogP contribution in [0.2, 0.25) is 0 Å². The largest absolute Gasteiger partial charge is 0.494 e. The Morgan fingerprint density at radius 3 is 2.20 bits per heavy atom. The van der Waals surface area contributed by atoms with Gasteiger partial charge in [0.15, 0.2) is 5.88 Å². The quantitative estimate of drug-likeness (QED) is 0.162. The van der Waals surface area contributed by atoms with Crippen molar-refractivity contribution in [2.75, 3.05) is 45.3 Å². The second-order valence-electron chi connectivity index (χ2n) is 9.73. The van der Waals surface area contributed by atoms with E-state index < -0.39 is 7.60 Å². The molecule has 2 N–H and O–H groups in total. The summed E-state index contributed by atoms with van der Waals surface area (Å²) in [5, 5.41) is 12.1. The van der Waals surface area contributed by atoms with Crippen LogP contribution >= 0.6 is 7.60 Å². The molecule has 0 aliphatic carbocycles. The molecule has 1 aromatic heterocycles. The Balaban J connectivity index is 1.83. The standard InChI is InChI=1S/C31H37N4O5P/c1-6-39-41(38,40-7-2)26-17-18-28-27(21-26)29(31(37)33-28)30(23-11-9-8-10-12-23)32-24-13-15-25(16-14-24)35(22(3)36)20-19-34(4)5/h8-18,21,33,37H,6-7,19-20H2,1-5H3. The van der Waals surface area contributed by atoms with E-state index in [1.165, 1.54) is 0 Å². The molecule has 0 bridgehead atoms. The van der Waals surface area contributed by atoms with Gasteiger partial charge in [0.05, 0.1) is 35.5 Å². The number of aromatic amines is 1. The Bertz CT molecular complexity index is 1550. The van der Waals surface area contributed by atoms with Gasteiger partial charge in [-0.15, -0.1) is 0 Å². The lowest BCUT2D eigenvalue weighted by Crippen LogP contribution is -2.35. The first kappa shape index (κ1) is 30.2. The average molecular weight is 577 g/mol. The lowest BCUT2D eigenvalue weighted by atomic mass is 10.0. The number of likely N-dealkylation sites (N-methyl/N-ethyl adjacent to an activating group) is 1. The average Bonchev–Trinajstić information content (AvgIpc) is 3.27. The van der Waals surface area contributed by atoms with Gasteiger partial charge in [-0.1, -0.05) is 30.3 Å². The summed E-state index contributed by atoms with van der Waals surface area (Å²) in [6.07, 6.45) is 0. The minimum Gasteiger partial charge on any atom is -0.494 e. The molecule has 41 heavy (non-hydrogen) atoms. The van der Waals surface area contributed by atoms with Gasteiger partial charge in [0.2, 0.25) is 5.91 Å². The summed E-state index contributed by atoms with van der Waals surface area (Å²) < 4.78 is 24.7. The van der Waals surface area contributed by atoms with E-state index in [-0.39, 0.29) is 25.0 Å². The summed E-state index contributed by atoms with van der Waals surface area (Å²) in [7, 11) is 0.377. The van der Waals surface area contributed by atoms with Crippen LogP contribution in [-0.4, -0.2) is 67.0 Å². The van der Waals surface area contributed by atoms with Gasteiger partial charge in [0.1, 0.15) is 0 Å². The number of nitrogens with zero attached hydrogens (tertiary/aromatic N) is 3. The van der Waals surface area contributed by atoms with Crippen LogP contribution in [0, 0.1) is 0 Å². The minimum absolute atomic E-state index is 0.0380. The molecule has 10 heteroatoms. The van der Waals surface area contributed by atoms with Crippen molar-refractivity contribution in [2.24, 2.45) is 4.99 Å². The van der Waals surface area contributed by atoms with Crippen molar-refractivity contribution in [1.29, 1.82) is 0 Å². The zero-order chi connectivity index (χ0) is 29.6. The molecule has 0 saturated carbocycles. The third kappa shape index (κ3) is 6.94. The van der Waals surface area contributed by atoms with Crippen molar-refractivity contribution >= 4 is 46.8 Å². The number of hydrogen-bond donors (Lipinski definition) is 2. The fourth-order valence-corrected chi connectivity index (χ4v) is 6.16. The van der Waals surface area contributed by atoms with E-state index in [1.54, 1.807) is 43.9 Å². The Morgan fingerprint density at radius 2 is 1.61 bits per heavy atom. The number of H-pyrrole nitrogens is 1. The SMILES string of the molecule is CCOP(=O)(OCC)c1ccc2[nH]c(O)c(C(=Nc3ccc(N(CCN(C)C)C(C)=O)cc3)c3ccccc3)c2c1. The van der Waals surface area contributed by atoms with Crippen molar-refractivity contribution in [3.05, 3.63) is 83.9 Å². The van der Waals surface area contributed by atoms with E-state index >= 15 is 0 Å². The number of carbonyl (C=O) groups is 1. The van der Waals surface area contributed by atoms with Gasteiger partial charge in [-0.3, -0.25) is 9.36 Å². The van der Waals surface area contributed by atoms with Gasteiger partial charge in [-0.25, -0.2) is 4.99 Å². The maximum absolute atomic E-state index is 13.5. The Kier molecular flexibility index (Phi) is 9.78. The van der Waals surface area contributed by atoms with Gasteiger partial charge in [0.25, 0.3) is 0 Å². The molecular formula is C31H37N4O5P. The van der Waals surface area contributed by atoms with E-state index in [9.17, 15) is 14.5 Å². The van der Waals surface area contributed by atoms with Crippen LogP contribution in [-0.2, 0) is 18.4 Å². The molecule has 0 atom stereocenters. The molecule has 0 aliphatic heterocycles. The Morgan fingerprint density at radius 1 is 0.951 bits per heavy atom. The summed E-state index contributed by atoms with van der Waals surface area (Å²) in [5.74, 6) is -0.102. The van der Waals surface area contributed by atoms with Crippen LogP contribution in [0.15, 0.2) is 77.8 Å².